The van der Waals surface area contributed by atoms with E-state index in [4.69, 9.17) is 0 Å². The highest BCUT2D eigenvalue weighted by molar-refractivity contribution is 8.00. The molecule has 5 nitrogen and oxygen atoms in total. The van der Waals surface area contributed by atoms with E-state index < -0.39 is 30.7 Å². The predicted molar refractivity (Wildman–Crippen MR) is 76.9 cm³/mol. The monoisotopic (exact) mass is 314 g/mol. The lowest BCUT2D eigenvalue weighted by Crippen LogP contribution is -2.29. The van der Waals surface area contributed by atoms with E-state index in [0.717, 1.165) is 25.7 Å². The van der Waals surface area contributed by atoms with Gasteiger partial charge in [0.15, 0.2) is 0 Å². The van der Waals surface area contributed by atoms with Gasteiger partial charge in [0.2, 0.25) is 0 Å². The third kappa shape index (κ3) is 6.72. The first-order valence-corrected chi connectivity index (χ1v) is 9.80. The molecule has 0 saturated heterocycles. The maximum absolute atomic E-state index is 11.8. The van der Waals surface area contributed by atoms with Gasteiger partial charge < -0.3 is 0 Å². The minimum atomic E-state index is -4.05. The average molecular weight is 314 g/mol. The second kappa shape index (κ2) is 8.21. The summed E-state index contributed by atoms with van der Waals surface area (Å²) in [6.45, 7) is 6.86. The zero-order valence-electron chi connectivity index (χ0n) is 12.3. The highest BCUT2D eigenvalue weighted by Crippen LogP contribution is 2.19. The van der Waals surface area contributed by atoms with Crippen LogP contribution in [0, 0.1) is 0 Å². The Morgan fingerprint density at radius 1 is 0.789 bits per heavy atom. The molecule has 0 amide bonds. The van der Waals surface area contributed by atoms with Crippen molar-refractivity contribution in [2.24, 2.45) is 0 Å². The van der Waals surface area contributed by atoms with Crippen LogP contribution < -0.4 is 0 Å². The summed E-state index contributed by atoms with van der Waals surface area (Å²) >= 11 is 0. The fraction of sp³-hybridized carbons (Fsp3) is 1.00. The van der Waals surface area contributed by atoms with Gasteiger partial charge in [0.05, 0.1) is 10.5 Å². The molecule has 2 atom stereocenters. The van der Waals surface area contributed by atoms with E-state index in [1.807, 2.05) is 13.8 Å². The molecule has 0 bridgehead atoms. The molecule has 2 unspecified atom stereocenters. The summed E-state index contributed by atoms with van der Waals surface area (Å²) in [6, 6.07) is 0. The van der Waals surface area contributed by atoms with Crippen molar-refractivity contribution in [1.82, 2.24) is 0 Å². The average Bonchev–Trinajstić information content (AvgIpc) is 2.31. The van der Waals surface area contributed by atoms with E-state index in [9.17, 15) is 16.8 Å². The van der Waals surface area contributed by atoms with Gasteiger partial charge in [-0.2, -0.15) is 16.8 Å². The van der Waals surface area contributed by atoms with Crippen molar-refractivity contribution in [3.63, 3.8) is 0 Å². The summed E-state index contributed by atoms with van der Waals surface area (Å²) in [5, 5.41) is -1.58. The molecule has 0 rings (SSSR count). The van der Waals surface area contributed by atoms with Crippen LogP contribution in [0.1, 0.15) is 66.2 Å². The third-order valence-corrected chi connectivity index (χ3v) is 7.06. The molecule has 0 N–H and O–H groups in total. The van der Waals surface area contributed by atoms with Crippen LogP contribution in [0.15, 0.2) is 0 Å². The number of hydrogen-bond donors (Lipinski definition) is 0. The molecule has 7 heteroatoms. The number of unbranched alkanes of at least 4 members (excludes halogenated alkanes) is 2. The molecule has 116 valence electrons. The van der Waals surface area contributed by atoms with Gasteiger partial charge >= 0.3 is 0 Å². The molecule has 0 radical (unpaired) electrons. The molecule has 0 aromatic heterocycles. The van der Waals surface area contributed by atoms with Crippen LogP contribution in [0.3, 0.4) is 0 Å². The van der Waals surface area contributed by atoms with Gasteiger partial charge in [0, 0.05) is 0 Å². The van der Waals surface area contributed by atoms with E-state index in [1.165, 1.54) is 13.8 Å². The summed E-state index contributed by atoms with van der Waals surface area (Å²) in [4.78, 5) is 0. The molecule has 0 aromatic carbocycles. The SMILES string of the molecule is CCCCC(C)S(=O)(=O)OS(=O)(=O)C(C)CCCC. The predicted octanol–water partition coefficient (Wildman–Crippen LogP) is 2.82. The third-order valence-electron chi connectivity index (χ3n) is 3.10. The second-order valence-electron chi connectivity index (χ2n) is 4.96. The first kappa shape index (κ1) is 18.9. The Morgan fingerprint density at radius 3 is 1.37 bits per heavy atom. The Morgan fingerprint density at radius 2 is 1.11 bits per heavy atom. The van der Waals surface area contributed by atoms with Crippen molar-refractivity contribution < 1.29 is 20.5 Å². The fourth-order valence-corrected chi connectivity index (χ4v) is 4.58. The Hall–Kier alpha value is -0.140. The molecule has 0 aliphatic rings. The lowest BCUT2D eigenvalue weighted by Gasteiger charge is -2.15. The summed E-state index contributed by atoms with van der Waals surface area (Å²) in [5.74, 6) is 0. The summed E-state index contributed by atoms with van der Waals surface area (Å²) in [5.41, 5.74) is 0. The first-order chi connectivity index (χ1) is 8.67. The molecule has 0 aromatic rings. The van der Waals surface area contributed by atoms with Crippen LogP contribution >= 0.6 is 0 Å². The maximum atomic E-state index is 11.8. The highest BCUT2D eigenvalue weighted by Gasteiger charge is 2.32. The van der Waals surface area contributed by atoms with Crippen LogP contribution in [0.2, 0.25) is 0 Å². The van der Waals surface area contributed by atoms with Crippen LogP contribution in [0.5, 0.6) is 0 Å². The standard InChI is InChI=1S/C12H26O5S2/c1-5-7-9-11(3)18(13,14)17-19(15,16)12(4)10-8-6-2/h11-12H,5-10H2,1-4H3. The van der Waals surface area contributed by atoms with Crippen LogP contribution in [0.25, 0.3) is 0 Å². The fourth-order valence-electron chi connectivity index (χ4n) is 1.54. The second-order valence-corrected chi connectivity index (χ2v) is 9.08. The molecule has 0 aliphatic heterocycles. The molecule has 0 heterocycles. The Kier molecular flexibility index (Phi) is 8.15. The van der Waals surface area contributed by atoms with Crippen molar-refractivity contribution in [1.29, 1.82) is 0 Å². The smallest absolute Gasteiger partial charge is 0.198 e. The topological polar surface area (TPSA) is 77.5 Å². The Labute approximate surface area is 118 Å². The van der Waals surface area contributed by atoms with Crippen LogP contribution in [-0.2, 0) is 23.9 Å². The Balaban J connectivity index is 4.72. The molecule has 0 aliphatic carbocycles. The van der Waals surface area contributed by atoms with Crippen molar-refractivity contribution in [2.45, 2.75) is 76.7 Å². The quantitative estimate of drug-likeness (QED) is 0.619. The van der Waals surface area contributed by atoms with Gasteiger partial charge in [0.25, 0.3) is 20.2 Å². The molecular weight excluding hydrogens is 288 g/mol. The van der Waals surface area contributed by atoms with Crippen molar-refractivity contribution in [3.05, 3.63) is 0 Å². The zero-order chi connectivity index (χ0) is 15.1. The lowest BCUT2D eigenvalue weighted by atomic mass is 10.2. The summed E-state index contributed by atoms with van der Waals surface area (Å²) in [7, 11) is -8.10. The van der Waals surface area contributed by atoms with E-state index in [2.05, 4.69) is 3.63 Å². The summed E-state index contributed by atoms with van der Waals surface area (Å²) < 4.78 is 51.8. The Bertz CT molecular complexity index is 397. The number of rotatable bonds is 10. The van der Waals surface area contributed by atoms with Gasteiger partial charge in [-0.05, 0) is 26.7 Å². The maximum Gasteiger partial charge on any atom is 0.284 e. The van der Waals surface area contributed by atoms with Gasteiger partial charge in [-0.25, -0.2) is 0 Å². The van der Waals surface area contributed by atoms with Gasteiger partial charge in [-0.3, -0.25) is 0 Å². The minimum absolute atomic E-state index is 0.414. The first-order valence-electron chi connectivity index (χ1n) is 6.86. The van der Waals surface area contributed by atoms with Gasteiger partial charge in [-0.1, -0.05) is 39.5 Å². The normalized spacial score (nSPS) is 16.2. The van der Waals surface area contributed by atoms with Crippen LogP contribution in [-0.4, -0.2) is 27.3 Å². The van der Waals surface area contributed by atoms with Crippen molar-refractivity contribution >= 4 is 20.2 Å². The van der Waals surface area contributed by atoms with Gasteiger partial charge in [-0.15, -0.1) is 3.63 Å². The molecular formula is C12H26O5S2. The number of hydrogen-bond acceptors (Lipinski definition) is 5. The van der Waals surface area contributed by atoms with E-state index in [1.54, 1.807) is 0 Å². The summed E-state index contributed by atoms with van der Waals surface area (Å²) in [6.07, 6.45) is 4.01. The van der Waals surface area contributed by atoms with E-state index >= 15 is 0 Å². The van der Waals surface area contributed by atoms with E-state index in [0.29, 0.717) is 12.8 Å². The van der Waals surface area contributed by atoms with E-state index in [-0.39, 0.29) is 0 Å². The molecule has 0 fully saturated rings. The molecule has 19 heavy (non-hydrogen) atoms. The highest BCUT2D eigenvalue weighted by atomic mass is 32.3. The largest absolute Gasteiger partial charge is 0.284 e. The van der Waals surface area contributed by atoms with Gasteiger partial charge in [0.1, 0.15) is 0 Å². The van der Waals surface area contributed by atoms with Crippen molar-refractivity contribution in [3.8, 4) is 0 Å². The molecule has 0 spiro atoms. The van der Waals surface area contributed by atoms with Crippen LogP contribution in [0.4, 0.5) is 0 Å². The molecule has 0 saturated carbocycles. The minimum Gasteiger partial charge on any atom is -0.198 e. The zero-order valence-corrected chi connectivity index (χ0v) is 13.9. The lowest BCUT2D eigenvalue weighted by molar-refractivity contribution is 0.439. The van der Waals surface area contributed by atoms with Crippen molar-refractivity contribution in [2.75, 3.05) is 0 Å².